The molecular weight excluding hydrogens is 393 g/mol. The Morgan fingerprint density at radius 1 is 1.28 bits per heavy atom. The smallest absolute Gasteiger partial charge is 0.388 e. The van der Waals surface area contributed by atoms with E-state index < -0.39 is 17.5 Å². The summed E-state index contributed by atoms with van der Waals surface area (Å²) in [5, 5.41) is 6.66. The van der Waals surface area contributed by atoms with Crippen molar-refractivity contribution in [1.29, 1.82) is 0 Å². The van der Waals surface area contributed by atoms with Crippen molar-refractivity contribution in [2.45, 2.75) is 13.5 Å². The Bertz CT molecular complexity index is 980. The van der Waals surface area contributed by atoms with E-state index in [1.807, 2.05) is 13.0 Å². The minimum absolute atomic E-state index is 0.0253. The van der Waals surface area contributed by atoms with Crippen LogP contribution in [0, 0.1) is 12.7 Å². The third-order valence-electron chi connectivity index (χ3n) is 3.43. The zero-order valence-electron chi connectivity index (χ0n) is 13.1. The summed E-state index contributed by atoms with van der Waals surface area (Å²) >= 11 is 3.38. The minimum atomic E-state index is -0.763. The third kappa shape index (κ3) is 4.03. The number of nitrogens with zero attached hydrogens (tertiary/aromatic N) is 2. The highest BCUT2D eigenvalue weighted by molar-refractivity contribution is 9.10. The van der Waals surface area contributed by atoms with Crippen LogP contribution in [0.2, 0.25) is 0 Å². The highest BCUT2D eigenvalue weighted by Crippen LogP contribution is 2.20. The van der Waals surface area contributed by atoms with E-state index in [-0.39, 0.29) is 12.4 Å². The molecule has 1 aromatic heterocycles. The number of hydrogen-bond acceptors (Lipinski definition) is 4. The van der Waals surface area contributed by atoms with Gasteiger partial charge in [0.15, 0.2) is 0 Å². The molecule has 8 heteroatoms. The molecule has 3 rings (SSSR count). The number of carbonyl (C=O) groups excluding carboxylic acids is 1. The van der Waals surface area contributed by atoms with Crippen LogP contribution < -0.4 is 11.1 Å². The largest absolute Gasteiger partial charge is 0.437 e. The second-order valence-corrected chi connectivity index (χ2v) is 6.20. The first-order valence-electron chi connectivity index (χ1n) is 7.32. The molecule has 0 atom stereocenters. The van der Waals surface area contributed by atoms with E-state index in [0.717, 1.165) is 14.7 Å². The molecule has 2 aromatic carbocycles. The van der Waals surface area contributed by atoms with Gasteiger partial charge in [0.25, 0.3) is 0 Å². The molecule has 0 fully saturated rings. The molecule has 128 valence electrons. The molecule has 0 radical (unpaired) electrons. The van der Waals surface area contributed by atoms with Gasteiger partial charge < -0.3 is 9.73 Å². The molecule has 25 heavy (non-hydrogen) atoms. The number of anilines is 1. The van der Waals surface area contributed by atoms with Crippen LogP contribution in [0.5, 0.6) is 0 Å². The van der Waals surface area contributed by atoms with Crippen molar-refractivity contribution < 1.29 is 13.6 Å². The van der Waals surface area contributed by atoms with E-state index in [9.17, 15) is 14.0 Å². The monoisotopic (exact) mass is 405 g/mol. The van der Waals surface area contributed by atoms with Gasteiger partial charge >= 0.3 is 5.76 Å². The van der Waals surface area contributed by atoms with E-state index in [2.05, 4.69) is 26.3 Å². The van der Waals surface area contributed by atoms with Crippen molar-refractivity contribution in [3.8, 4) is 11.5 Å². The van der Waals surface area contributed by atoms with Crippen LogP contribution in [0.25, 0.3) is 11.5 Å². The maximum atomic E-state index is 12.9. The van der Waals surface area contributed by atoms with Gasteiger partial charge in [-0.2, -0.15) is 4.68 Å². The molecule has 0 aliphatic heterocycles. The molecule has 0 aliphatic carbocycles. The number of aromatic nitrogens is 2. The molecule has 3 aromatic rings. The van der Waals surface area contributed by atoms with Gasteiger partial charge in [-0.25, -0.2) is 9.18 Å². The van der Waals surface area contributed by atoms with Gasteiger partial charge in [0.1, 0.15) is 12.4 Å². The summed E-state index contributed by atoms with van der Waals surface area (Å²) in [7, 11) is 0. The molecule has 0 bridgehead atoms. The standard InChI is InChI=1S/C17H13BrFN3O3/c1-10-8-13(6-7-14(10)18)20-15(23)9-22-17(24)25-16(21-22)11-2-4-12(19)5-3-11/h2-8H,9H2,1H3,(H,20,23). The van der Waals surface area contributed by atoms with E-state index in [1.165, 1.54) is 24.3 Å². The lowest BCUT2D eigenvalue weighted by molar-refractivity contribution is -0.117. The van der Waals surface area contributed by atoms with Crippen LogP contribution in [0.1, 0.15) is 5.56 Å². The molecule has 6 nitrogen and oxygen atoms in total. The summed E-state index contributed by atoms with van der Waals surface area (Å²) in [5.41, 5.74) is 2.03. The lowest BCUT2D eigenvalue weighted by atomic mass is 10.2. The molecule has 1 N–H and O–H groups in total. The van der Waals surface area contributed by atoms with Crippen molar-refractivity contribution in [2.24, 2.45) is 0 Å². The van der Waals surface area contributed by atoms with Gasteiger partial charge in [-0.15, -0.1) is 5.10 Å². The number of amides is 1. The fraction of sp³-hybridized carbons (Fsp3) is 0.118. The van der Waals surface area contributed by atoms with Crippen LogP contribution in [-0.2, 0) is 11.3 Å². The lowest BCUT2D eigenvalue weighted by Crippen LogP contribution is -2.25. The second kappa shape index (κ2) is 7.02. The number of aryl methyl sites for hydroxylation is 1. The number of benzene rings is 2. The zero-order valence-corrected chi connectivity index (χ0v) is 14.7. The number of hydrogen-bond donors (Lipinski definition) is 1. The van der Waals surface area contributed by atoms with Crippen LogP contribution in [-0.4, -0.2) is 15.7 Å². The number of halogens is 2. The zero-order chi connectivity index (χ0) is 18.0. The first-order chi connectivity index (χ1) is 11.9. The molecule has 0 saturated carbocycles. The maximum Gasteiger partial charge on any atom is 0.437 e. The average Bonchev–Trinajstić information content (AvgIpc) is 2.92. The predicted octanol–water partition coefficient (Wildman–Crippen LogP) is 3.35. The molecule has 1 heterocycles. The summed E-state index contributed by atoms with van der Waals surface area (Å²) in [4.78, 5) is 23.9. The maximum absolute atomic E-state index is 12.9. The summed E-state index contributed by atoms with van der Waals surface area (Å²) in [6.45, 7) is 1.61. The van der Waals surface area contributed by atoms with E-state index in [4.69, 9.17) is 4.42 Å². The van der Waals surface area contributed by atoms with Gasteiger partial charge in [-0.3, -0.25) is 4.79 Å². The second-order valence-electron chi connectivity index (χ2n) is 5.35. The molecule has 0 spiro atoms. The van der Waals surface area contributed by atoms with Crippen LogP contribution in [0.15, 0.2) is 56.1 Å². The van der Waals surface area contributed by atoms with E-state index >= 15 is 0 Å². The number of carbonyl (C=O) groups is 1. The number of nitrogens with one attached hydrogen (secondary N) is 1. The SMILES string of the molecule is Cc1cc(NC(=O)Cn2nc(-c3ccc(F)cc3)oc2=O)ccc1Br. The van der Waals surface area contributed by atoms with Gasteiger partial charge in [0.05, 0.1) is 0 Å². The van der Waals surface area contributed by atoms with Crippen LogP contribution >= 0.6 is 15.9 Å². The highest BCUT2D eigenvalue weighted by atomic mass is 79.9. The first kappa shape index (κ1) is 17.1. The Morgan fingerprint density at radius 2 is 2.00 bits per heavy atom. The van der Waals surface area contributed by atoms with Crippen molar-refractivity contribution in [1.82, 2.24) is 9.78 Å². The van der Waals surface area contributed by atoms with Gasteiger partial charge in [-0.05, 0) is 55.0 Å². The van der Waals surface area contributed by atoms with Crippen LogP contribution in [0.4, 0.5) is 10.1 Å². The summed E-state index contributed by atoms with van der Waals surface area (Å²) in [6.07, 6.45) is 0. The van der Waals surface area contributed by atoms with Crippen molar-refractivity contribution >= 4 is 27.5 Å². The molecule has 0 saturated heterocycles. The van der Waals surface area contributed by atoms with E-state index in [0.29, 0.717) is 11.3 Å². The Hall–Kier alpha value is -2.74. The quantitative estimate of drug-likeness (QED) is 0.721. The van der Waals surface area contributed by atoms with Crippen LogP contribution in [0.3, 0.4) is 0 Å². The Labute approximate surface area is 150 Å². The van der Waals surface area contributed by atoms with Crippen molar-refractivity contribution in [3.05, 3.63) is 68.9 Å². The fourth-order valence-electron chi connectivity index (χ4n) is 2.17. The van der Waals surface area contributed by atoms with Gasteiger partial charge in [0.2, 0.25) is 11.8 Å². The molecule has 0 aliphatic rings. The fourth-order valence-corrected chi connectivity index (χ4v) is 2.42. The first-order valence-corrected chi connectivity index (χ1v) is 8.11. The Kier molecular flexibility index (Phi) is 4.80. The van der Waals surface area contributed by atoms with Crippen molar-refractivity contribution in [3.63, 3.8) is 0 Å². The molecule has 0 unspecified atom stereocenters. The Balaban J connectivity index is 1.74. The summed E-state index contributed by atoms with van der Waals surface area (Å²) in [6, 6.07) is 10.7. The van der Waals surface area contributed by atoms with Gasteiger partial charge in [0, 0.05) is 15.7 Å². The average molecular weight is 406 g/mol. The number of rotatable bonds is 4. The van der Waals surface area contributed by atoms with Gasteiger partial charge in [-0.1, -0.05) is 15.9 Å². The summed E-state index contributed by atoms with van der Waals surface area (Å²) < 4.78 is 19.8. The topological polar surface area (TPSA) is 77.1 Å². The minimum Gasteiger partial charge on any atom is -0.388 e. The summed E-state index contributed by atoms with van der Waals surface area (Å²) in [5.74, 6) is -1.56. The van der Waals surface area contributed by atoms with E-state index in [1.54, 1.807) is 12.1 Å². The highest BCUT2D eigenvalue weighted by Gasteiger charge is 2.13. The molecule has 1 amide bonds. The predicted molar refractivity (Wildman–Crippen MR) is 93.7 cm³/mol. The van der Waals surface area contributed by atoms with Crippen molar-refractivity contribution in [2.75, 3.05) is 5.32 Å². The Morgan fingerprint density at radius 3 is 2.68 bits per heavy atom. The normalized spacial score (nSPS) is 10.7. The third-order valence-corrected chi connectivity index (χ3v) is 4.32. The molecular formula is C17H13BrFN3O3. The lowest BCUT2D eigenvalue weighted by Gasteiger charge is -2.06.